The number of benzene rings is 1. The number of nitrogens with one attached hydrogen (secondary N) is 1. The third kappa shape index (κ3) is 4.03. The number of hydrogen-bond acceptors (Lipinski definition) is 2. The number of thiophene rings is 1. The average molecular weight is 275 g/mol. The van der Waals surface area contributed by atoms with E-state index in [0.717, 1.165) is 10.4 Å². The summed E-state index contributed by atoms with van der Waals surface area (Å²) in [6.07, 6.45) is 3.12. The number of carbonyl (C=O) groups is 1. The van der Waals surface area contributed by atoms with Gasteiger partial charge in [0, 0.05) is 11.0 Å². The van der Waals surface area contributed by atoms with Gasteiger partial charge in [-0.05, 0) is 47.7 Å². The molecule has 1 amide bonds. The molecular formula is C15H14FNOS. The molecule has 2 rings (SSSR count). The minimum absolute atomic E-state index is 0.155. The topological polar surface area (TPSA) is 29.1 Å². The largest absolute Gasteiger partial charge is 0.348 e. The summed E-state index contributed by atoms with van der Waals surface area (Å²) in [5.74, 6) is -0.438. The first-order valence-electron chi connectivity index (χ1n) is 5.89. The summed E-state index contributed by atoms with van der Waals surface area (Å²) in [7, 11) is 0. The van der Waals surface area contributed by atoms with Crippen molar-refractivity contribution in [1.82, 2.24) is 5.32 Å². The quantitative estimate of drug-likeness (QED) is 0.850. The van der Waals surface area contributed by atoms with Crippen LogP contribution in [-0.2, 0) is 11.3 Å². The van der Waals surface area contributed by atoms with Crippen LogP contribution in [0.3, 0.4) is 0 Å². The van der Waals surface area contributed by atoms with Crippen molar-refractivity contribution in [3.05, 3.63) is 63.6 Å². The molecule has 1 heterocycles. The van der Waals surface area contributed by atoms with Crippen molar-refractivity contribution in [2.45, 2.75) is 13.5 Å². The van der Waals surface area contributed by atoms with E-state index in [2.05, 4.69) is 5.32 Å². The molecule has 4 heteroatoms. The molecule has 19 heavy (non-hydrogen) atoms. The molecular weight excluding hydrogens is 261 g/mol. The van der Waals surface area contributed by atoms with Crippen LogP contribution in [0.4, 0.5) is 4.39 Å². The number of carbonyl (C=O) groups excluding carboxylic acids is 1. The van der Waals surface area contributed by atoms with Crippen molar-refractivity contribution in [2.75, 3.05) is 0 Å². The van der Waals surface area contributed by atoms with Crippen LogP contribution in [0, 0.1) is 12.7 Å². The second-order valence-electron chi connectivity index (χ2n) is 4.13. The SMILES string of the molecule is Cc1ccsc1CNC(=O)/C=C/c1ccc(F)cc1. The highest BCUT2D eigenvalue weighted by Gasteiger charge is 2.01. The van der Waals surface area contributed by atoms with Gasteiger partial charge in [-0.2, -0.15) is 0 Å². The van der Waals surface area contributed by atoms with E-state index in [1.165, 1.54) is 23.8 Å². The molecule has 1 aromatic heterocycles. The van der Waals surface area contributed by atoms with Gasteiger partial charge in [0.15, 0.2) is 0 Å². The van der Waals surface area contributed by atoms with E-state index in [0.29, 0.717) is 6.54 Å². The molecule has 0 fully saturated rings. The standard InChI is InChI=1S/C15H14FNOS/c1-11-8-9-19-14(11)10-17-15(18)7-4-12-2-5-13(16)6-3-12/h2-9H,10H2,1H3,(H,17,18)/b7-4+. The van der Waals surface area contributed by atoms with E-state index in [4.69, 9.17) is 0 Å². The van der Waals surface area contributed by atoms with E-state index >= 15 is 0 Å². The van der Waals surface area contributed by atoms with Crippen LogP contribution in [0.1, 0.15) is 16.0 Å². The maximum Gasteiger partial charge on any atom is 0.244 e. The Labute approximate surface area is 115 Å². The average Bonchev–Trinajstić information content (AvgIpc) is 2.81. The first-order chi connectivity index (χ1) is 9.15. The fourth-order valence-corrected chi connectivity index (χ4v) is 2.40. The van der Waals surface area contributed by atoms with Crippen molar-refractivity contribution in [3.8, 4) is 0 Å². The molecule has 0 spiro atoms. The van der Waals surface area contributed by atoms with Crippen LogP contribution in [0.5, 0.6) is 0 Å². The molecule has 1 aromatic carbocycles. The Balaban J connectivity index is 1.87. The Hall–Kier alpha value is -1.94. The van der Waals surface area contributed by atoms with Crippen LogP contribution in [0.2, 0.25) is 0 Å². The number of rotatable bonds is 4. The summed E-state index contributed by atoms with van der Waals surface area (Å²) < 4.78 is 12.7. The van der Waals surface area contributed by atoms with Crippen LogP contribution >= 0.6 is 11.3 Å². The second kappa shape index (κ2) is 6.29. The zero-order valence-electron chi connectivity index (χ0n) is 10.5. The summed E-state index contributed by atoms with van der Waals surface area (Å²) in [5.41, 5.74) is 1.98. The Morgan fingerprint density at radius 2 is 2.05 bits per heavy atom. The minimum atomic E-state index is -0.283. The van der Waals surface area contributed by atoms with E-state index in [-0.39, 0.29) is 11.7 Å². The van der Waals surface area contributed by atoms with Crippen molar-refractivity contribution in [2.24, 2.45) is 0 Å². The van der Waals surface area contributed by atoms with Gasteiger partial charge in [0.2, 0.25) is 5.91 Å². The first kappa shape index (κ1) is 13.5. The maximum absolute atomic E-state index is 12.7. The van der Waals surface area contributed by atoms with Crippen molar-refractivity contribution >= 4 is 23.3 Å². The minimum Gasteiger partial charge on any atom is -0.348 e. The molecule has 2 aromatic rings. The summed E-state index contributed by atoms with van der Waals surface area (Å²) in [5, 5.41) is 4.82. The van der Waals surface area contributed by atoms with Gasteiger partial charge in [-0.25, -0.2) is 4.39 Å². The summed E-state index contributed by atoms with van der Waals surface area (Å²) in [4.78, 5) is 12.8. The smallest absolute Gasteiger partial charge is 0.244 e. The summed E-state index contributed by atoms with van der Waals surface area (Å²) in [6, 6.07) is 8.02. The monoisotopic (exact) mass is 275 g/mol. The van der Waals surface area contributed by atoms with Gasteiger partial charge >= 0.3 is 0 Å². The fraction of sp³-hybridized carbons (Fsp3) is 0.133. The van der Waals surface area contributed by atoms with E-state index in [9.17, 15) is 9.18 Å². The molecule has 0 aliphatic heterocycles. The summed E-state index contributed by atoms with van der Waals surface area (Å²) >= 11 is 1.63. The molecule has 1 N–H and O–H groups in total. The van der Waals surface area contributed by atoms with E-state index in [1.54, 1.807) is 29.5 Å². The molecule has 0 radical (unpaired) electrons. The molecule has 0 bridgehead atoms. The first-order valence-corrected chi connectivity index (χ1v) is 6.77. The number of aryl methyl sites for hydroxylation is 1. The zero-order chi connectivity index (χ0) is 13.7. The van der Waals surface area contributed by atoms with Crippen molar-refractivity contribution in [3.63, 3.8) is 0 Å². The zero-order valence-corrected chi connectivity index (χ0v) is 11.3. The van der Waals surface area contributed by atoms with Gasteiger partial charge in [0.25, 0.3) is 0 Å². The van der Waals surface area contributed by atoms with E-state index < -0.39 is 0 Å². The number of halogens is 1. The molecule has 0 atom stereocenters. The lowest BCUT2D eigenvalue weighted by atomic mass is 10.2. The van der Waals surface area contributed by atoms with Crippen LogP contribution < -0.4 is 5.32 Å². The van der Waals surface area contributed by atoms with Crippen LogP contribution in [-0.4, -0.2) is 5.91 Å². The lowest BCUT2D eigenvalue weighted by molar-refractivity contribution is -0.116. The highest BCUT2D eigenvalue weighted by atomic mass is 32.1. The maximum atomic E-state index is 12.7. The van der Waals surface area contributed by atoms with Gasteiger partial charge in [-0.15, -0.1) is 11.3 Å². The predicted octanol–water partition coefficient (Wildman–Crippen LogP) is 3.53. The van der Waals surface area contributed by atoms with Crippen LogP contribution in [0.15, 0.2) is 41.8 Å². The second-order valence-corrected chi connectivity index (χ2v) is 5.13. The number of amides is 1. The Morgan fingerprint density at radius 3 is 2.68 bits per heavy atom. The molecule has 2 nitrogen and oxygen atoms in total. The van der Waals surface area contributed by atoms with Gasteiger partial charge in [0.1, 0.15) is 5.82 Å². The van der Waals surface area contributed by atoms with Gasteiger partial charge in [-0.1, -0.05) is 12.1 Å². The normalized spacial score (nSPS) is 10.8. The molecule has 98 valence electrons. The highest BCUT2D eigenvalue weighted by Crippen LogP contribution is 2.14. The van der Waals surface area contributed by atoms with Gasteiger partial charge in [-0.3, -0.25) is 4.79 Å². The molecule has 0 aliphatic carbocycles. The molecule has 0 aliphatic rings. The fourth-order valence-electron chi connectivity index (χ4n) is 1.56. The lowest BCUT2D eigenvalue weighted by Crippen LogP contribution is -2.19. The molecule has 0 unspecified atom stereocenters. The third-order valence-corrected chi connectivity index (χ3v) is 3.71. The Kier molecular flexibility index (Phi) is 4.47. The Morgan fingerprint density at radius 1 is 1.32 bits per heavy atom. The highest BCUT2D eigenvalue weighted by molar-refractivity contribution is 7.10. The van der Waals surface area contributed by atoms with Gasteiger partial charge in [0.05, 0.1) is 6.54 Å². The molecule has 0 saturated heterocycles. The predicted molar refractivity (Wildman–Crippen MR) is 76.3 cm³/mol. The van der Waals surface area contributed by atoms with Gasteiger partial charge < -0.3 is 5.32 Å². The van der Waals surface area contributed by atoms with Crippen molar-refractivity contribution < 1.29 is 9.18 Å². The lowest BCUT2D eigenvalue weighted by Gasteiger charge is -2.01. The third-order valence-electron chi connectivity index (χ3n) is 2.69. The van der Waals surface area contributed by atoms with E-state index in [1.807, 2.05) is 18.4 Å². The number of hydrogen-bond donors (Lipinski definition) is 1. The van der Waals surface area contributed by atoms with Crippen molar-refractivity contribution in [1.29, 1.82) is 0 Å². The van der Waals surface area contributed by atoms with Crippen LogP contribution in [0.25, 0.3) is 6.08 Å². The Bertz CT molecular complexity index is 586. The summed E-state index contributed by atoms with van der Waals surface area (Å²) in [6.45, 7) is 2.56. The molecule has 0 saturated carbocycles.